The lowest BCUT2D eigenvalue weighted by Crippen LogP contribution is -2.52. The minimum Gasteiger partial charge on any atom is -0.369 e. The van der Waals surface area contributed by atoms with Crippen LogP contribution in [0, 0.1) is 0 Å². The Labute approximate surface area is 227 Å². The van der Waals surface area contributed by atoms with Crippen LogP contribution in [0.2, 0.25) is 10.0 Å². The van der Waals surface area contributed by atoms with Gasteiger partial charge in [0.1, 0.15) is 6.04 Å². The molecule has 1 unspecified atom stereocenters. The molecular formula is C28H32Cl2N4O3. The van der Waals surface area contributed by atoms with Crippen molar-refractivity contribution in [3.63, 3.8) is 0 Å². The molecule has 196 valence electrons. The van der Waals surface area contributed by atoms with Gasteiger partial charge < -0.3 is 9.80 Å². The predicted octanol–water partition coefficient (Wildman–Crippen LogP) is 4.29. The molecule has 37 heavy (non-hydrogen) atoms. The molecule has 0 aliphatic carbocycles. The molecule has 3 aliphatic rings. The van der Waals surface area contributed by atoms with Crippen molar-refractivity contribution in [3.8, 4) is 0 Å². The number of piperidine rings is 1. The van der Waals surface area contributed by atoms with Crippen LogP contribution in [0.3, 0.4) is 0 Å². The van der Waals surface area contributed by atoms with Gasteiger partial charge in [-0.3, -0.25) is 24.6 Å². The van der Waals surface area contributed by atoms with Crippen LogP contribution in [-0.4, -0.2) is 66.3 Å². The molecule has 0 spiro atoms. The predicted molar refractivity (Wildman–Crippen MR) is 145 cm³/mol. The topological polar surface area (TPSA) is 73.0 Å². The third kappa shape index (κ3) is 5.79. The molecule has 2 saturated heterocycles. The zero-order chi connectivity index (χ0) is 25.9. The monoisotopic (exact) mass is 542 g/mol. The Balaban J connectivity index is 1.06. The molecule has 7 nitrogen and oxygen atoms in total. The van der Waals surface area contributed by atoms with Crippen molar-refractivity contribution >= 4 is 46.6 Å². The van der Waals surface area contributed by atoms with Gasteiger partial charge in [0.25, 0.3) is 5.91 Å². The average molecular weight is 543 g/mol. The van der Waals surface area contributed by atoms with E-state index in [1.54, 1.807) is 4.90 Å². The molecule has 2 aromatic rings. The van der Waals surface area contributed by atoms with Crippen molar-refractivity contribution in [1.82, 2.24) is 15.1 Å². The lowest BCUT2D eigenvalue weighted by molar-refractivity contribution is -0.136. The Morgan fingerprint density at radius 3 is 2.49 bits per heavy atom. The molecule has 5 rings (SSSR count). The highest BCUT2D eigenvalue weighted by molar-refractivity contribution is 6.42. The van der Waals surface area contributed by atoms with Gasteiger partial charge in [0, 0.05) is 50.4 Å². The lowest BCUT2D eigenvalue weighted by Gasteiger charge is -2.36. The van der Waals surface area contributed by atoms with E-state index in [2.05, 4.69) is 21.2 Å². The molecular weight excluding hydrogens is 511 g/mol. The summed E-state index contributed by atoms with van der Waals surface area (Å²) in [5.41, 5.74) is 4.05. The van der Waals surface area contributed by atoms with Crippen LogP contribution in [0.15, 0.2) is 36.4 Å². The Morgan fingerprint density at radius 2 is 1.73 bits per heavy atom. The number of imide groups is 1. The van der Waals surface area contributed by atoms with Crippen LogP contribution < -0.4 is 10.2 Å². The standard InChI is InChI=1S/C28H32Cl2N4O3/c29-23-9-8-20(17-24(23)30)33-15-13-32(14-16-33)12-3-1-2-5-19-6-4-7-21-22(19)18-34(28(21)37)25-10-11-26(35)31-27(25)36/h4,6-9,17,25H,1-3,5,10-16,18H2,(H,31,35,36). The van der Waals surface area contributed by atoms with E-state index in [4.69, 9.17) is 23.2 Å². The number of aryl methyl sites for hydroxylation is 1. The van der Waals surface area contributed by atoms with E-state index in [0.717, 1.165) is 69.7 Å². The second-order valence-corrected chi connectivity index (χ2v) is 10.9. The summed E-state index contributed by atoms with van der Waals surface area (Å²) in [6.45, 7) is 5.55. The molecule has 0 radical (unpaired) electrons. The highest BCUT2D eigenvalue weighted by atomic mass is 35.5. The maximum absolute atomic E-state index is 13.0. The van der Waals surface area contributed by atoms with Crippen molar-refractivity contribution in [3.05, 3.63) is 63.1 Å². The number of carbonyl (C=O) groups excluding carboxylic acids is 3. The first-order valence-electron chi connectivity index (χ1n) is 13.1. The number of anilines is 1. The van der Waals surface area contributed by atoms with Crippen molar-refractivity contribution in [2.75, 3.05) is 37.6 Å². The number of fused-ring (bicyclic) bond motifs is 1. The number of carbonyl (C=O) groups is 3. The first kappa shape index (κ1) is 26.0. The molecule has 2 aromatic carbocycles. The molecule has 0 aromatic heterocycles. The highest BCUT2D eigenvalue weighted by Crippen LogP contribution is 2.31. The van der Waals surface area contributed by atoms with Crippen LogP contribution in [0.5, 0.6) is 0 Å². The Hall–Kier alpha value is -2.61. The second-order valence-electron chi connectivity index (χ2n) is 10.1. The fraction of sp³-hybridized carbons (Fsp3) is 0.464. The maximum Gasteiger partial charge on any atom is 0.255 e. The molecule has 3 heterocycles. The third-order valence-corrected chi connectivity index (χ3v) is 8.48. The van der Waals surface area contributed by atoms with E-state index in [1.165, 1.54) is 5.56 Å². The molecule has 3 aliphatic heterocycles. The van der Waals surface area contributed by atoms with Gasteiger partial charge in [-0.2, -0.15) is 0 Å². The smallest absolute Gasteiger partial charge is 0.255 e. The summed E-state index contributed by atoms with van der Waals surface area (Å²) >= 11 is 12.2. The fourth-order valence-electron chi connectivity index (χ4n) is 5.62. The SMILES string of the molecule is O=C1CCC(N2Cc3c(CCCCCN4CCN(c5ccc(Cl)c(Cl)c5)CC4)cccc3C2=O)C(=O)N1. The van der Waals surface area contributed by atoms with Crippen LogP contribution in [0.4, 0.5) is 5.69 Å². The van der Waals surface area contributed by atoms with Crippen LogP contribution >= 0.6 is 23.2 Å². The van der Waals surface area contributed by atoms with Gasteiger partial charge in [-0.15, -0.1) is 0 Å². The second kappa shape index (κ2) is 11.4. The van der Waals surface area contributed by atoms with E-state index in [-0.39, 0.29) is 24.1 Å². The Morgan fingerprint density at radius 1 is 0.919 bits per heavy atom. The quantitative estimate of drug-likeness (QED) is 0.398. The lowest BCUT2D eigenvalue weighted by atomic mass is 9.98. The molecule has 0 saturated carbocycles. The number of hydrogen-bond donors (Lipinski definition) is 1. The summed E-state index contributed by atoms with van der Waals surface area (Å²) in [6, 6.07) is 11.2. The normalized spacial score (nSPS) is 20.4. The zero-order valence-electron chi connectivity index (χ0n) is 20.8. The van der Waals surface area contributed by atoms with Crippen LogP contribution in [-0.2, 0) is 22.6 Å². The molecule has 2 fully saturated rings. The number of hydrogen-bond acceptors (Lipinski definition) is 5. The third-order valence-electron chi connectivity index (χ3n) is 7.74. The number of rotatable bonds is 8. The summed E-state index contributed by atoms with van der Waals surface area (Å²) in [5, 5.41) is 3.55. The minimum atomic E-state index is -0.567. The van der Waals surface area contributed by atoms with Gasteiger partial charge in [0.15, 0.2) is 0 Å². The van der Waals surface area contributed by atoms with E-state index in [0.29, 0.717) is 28.6 Å². The molecule has 0 bridgehead atoms. The van der Waals surface area contributed by atoms with E-state index >= 15 is 0 Å². The molecule has 1 N–H and O–H groups in total. The largest absolute Gasteiger partial charge is 0.369 e. The number of amides is 3. The Bertz CT molecular complexity index is 1200. The van der Waals surface area contributed by atoms with Crippen LogP contribution in [0.1, 0.15) is 53.6 Å². The summed E-state index contributed by atoms with van der Waals surface area (Å²) in [6.07, 6.45) is 4.91. The van der Waals surface area contributed by atoms with Crippen molar-refractivity contribution in [2.45, 2.75) is 51.1 Å². The summed E-state index contributed by atoms with van der Waals surface area (Å²) in [4.78, 5) is 43.3. The number of unbranched alkanes of at least 4 members (excludes halogenated alkanes) is 2. The molecule has 3 amide bonds. The van der Waals surface area contributed by atoms with Gasteiger partial charge in [0.05, 0.1) is 10.0 Å². The van der Waals surface area contributed by atoms with E-state index < -0.39 is 6.04 Å². The van der Waals surface area contributed by atoms with Gasteiger partial charge in [0.2, 0.25) is 11.8 Å². The fourth-order valence-corrected chi connectivity index (χ4v) is 5.92. The van der Waals surface area contributed by atoms with Gasteiger partial charge in [-0.25, -0.2) is 0 Å². The van der Waals surface area contributed by atoms with E-state index in [1.807, 2.05) is 30.3 Å². The van der Waals surface area contributed by atoms with Gasteiger partial charge >= 0.3 is 0 Å². The van der Waals surface area contributed by atoms with Crippen LogP contribution in [0.25, 0.3) is 0 Å². The minimum absolute atomic E-state index is 0.105. The highest BCUT2D eigenvalue weighted by Gasteiger charge is 2.39. The average Bonchev–Trinajstić information content (AvgIpc) is 3.23. The molecule has 1 atom stereocenters. The first-order valence-corrected chi connectivity index (χ1v) is 13.8. The number of benzene rings is 2. The summed E-state index contributed by atoms with van der Waals surface area (Å²) in [7, 11) is 0. The zero-order valence-corrected chi connectivity index (χ0v) is 22.4. The summed E-state index contributed by atoms with van der Waals surface area (Å²) < 4.78 is 0. The first-order chi connectivity index (χ1) is 17.9. The summed E-state index contributed by atoms with van der Waals surface area (Å²) in [5.74, 6) is -0.734. The van der Waals surface area contributed by atoms with Crippen molar-refractivity contribution in [1.29, 1.82) is 0 Å². The molecule has 9 heteroatoms. The Kier molecular flexibility index (Phi) is 8.03. The number of nitrogens with one attached hydrogen (secondary N) is 1. The number of halogens is 2. The number of piperazine rings is 1. The van der Waals surface area contributed by atoms with Gasteiger partial charge in [-0.05, 0) is 67.6 Å². The maximum atomic E-state index is 13.0. The van der Waals surface area contributed by atoms with Crippen molar-refractivity contribution < 1.29 is 14.4 Å². The van der Waals surface area contributed by atoms with E-state index in [9.17, 15) is 14.4 Å². The number of nitrogens with zero attached hydrogens (tertiary/aromatic N) is 3. The van der Waals surface area contributed by atoms with Gasteiger partial charge in [-0.1, -0.05) is 41.8 Å². The van der Waals surface area contributed by atoms with Crippen molar-refractivity contribution in [2.24, 2.45) is 0 Å².